The SMILES string of the molecule is COC(C)C(=O)NNc1cnc(-c2cnc(OC(C)(C)C(F)(F)F)c(F)c2)cn1. The van der Waals surface area contributed by atoms with Gasteiger partial charge in [0, 0.05) is 18.9 Å². The first-order valence-corrected chi connectivity index (χ1v) is 8.27. The van der Waals surface area contributed by atoms with Gasteiger partial charge in [0.05, 0.1) is 18.1 Å². The first-order valence-electron chi connectivity index (χ1n) is 8.27. The van der Waals surface area contributed by atoms with E-state index in [0.29, 0.717) is 0 Å². The average Bonchev–Trinajstić information content (AvgIpc) is 2.66. The molecule has 2 N–H and O–H groups in total. The van der Waals surface area contributed by atoms with E-state index in [1.165, 1.54) is 19.5 Å². The predicted octanol–water partition coefficient (Wildman–Crippen LogP) is 2.88. The van der Waals surface area contributed by atoms with Crippen molar-refractivity contribution in [2.45, 2.75) is 38.7 Å². The number of pyridine rings is 1. The third-order valence-corrected chi connectivity index (χ3v) is 3.83. The van der Waals surface area contributed by atoms with Crippen molar-refractivity contribution >= 4 is 11.7 Å². The topological polar surface area (TPSA) is 98.3 Å². The molecule has 2 heterocycles. The Hall–Kier alpha value is -3.02. The largest absolute Gasteiger partial charge is 0.460 e. The van der Waals surface area contributed by atoms with Crippen LogP contribution in [0.25, 0.3) is 11.3 Å². The van der Waals surface area contributed by atoms with Crippen molar-refractivity contribution in [2.75, 3.05) is 12.5 Å². The minimum absolute atomic E-state index is 0.177. The van der Waals surface area contributed by atoms with Crippen LogP contribution in [0.1, 0.15) is 20.8 Å². The average molecular weight is 417 g/mol. The highest BCUT2D eigenvalue weighted by molar-refractivity contribution is 5.81. The van der Waals surface area contributed by atoms with Crippen LogP contribution in [0.3, 0.4) is 0 Å². The number of methoxy groups -OCH3 is 1. The Morgan fingerprint density at radius 3 is 2.34 bits per heavy atom. The van der Waals surface area contributed by atoms with Gasteiger partial charge >= 0.3 is 6.18 Å². The summed E-state index contributed by atoms with van der Waals surface area (Å²) in [6.07, 6.45) is -1.73. The highest BCUT2D eigenvalue weighted by Gasteiger charge is 2.50. The third kappa shape index (κ3) is 5.50. The lowest BCUT2D eigenvalue weighted by Crippen LogP contribution is -2.45. The Kier molecular flexibility index (Phi) is 6.57. The van der Waals surface area contributed by atoms with Crippen LogP contribution in [0.4, 0.5) is 23.4 Å². The summed E-state index contributed by atoms with van der Waals surface area (Å²) < 4.78 is 62.3. The van der Waals surface area contributed by atoms with Crippen molar-refractivity contribution in [2.24, 2.45) is 0 Å². The molecular weight excluding hydrogens is 398 g/mol. The number of carbonyl (C=O) groups excluding carboxylic acids is 1. The predicted molar refractivity (Wildman–Crippen MR) is 94.2 cm³/mol. The summed E-state index contributed by atoms with van der Waals surface area (Å²) in [6.45, 7) is 3.09. The van der Waals surface area contributed by atoms with Gasteiger partial charge in [-0.05, 0) is 26.8 Å². The number of amides is 1. The molecule has 0 saturated carbocycles. The Balaban J connectivity index is 2.10. The van der Waals surface area contributed by atoms with Crippen LogP contribution >= 0.6 is 0 Å². The summed E-state index contributed by atoms with van der Waals surface area (Å²) in [6, 6.07) is 0.938. The zero-order chi connectivity index (χ0) is 21.8. The van der Waals surface area contributed by atoms with Crippen LogP contribution in [0.15, 0.2) is 24.7 Å². The highest BCUT2D eigenvalue weighted by Crippen LogP contribution is 2.34. The van der Waals surface area contributed by atoms with Gasteiger partial charge < -0.3 is 9.47 Å². The van der Waals surface area contributed by atoms with Gasteiger partial charge in [-0.1, -0.05) is 0 Å². The molecule has 0 aliphatic carbocycles. The molecule has 8 nitrogen and oxygen atoms in total. The zero-order valence-electron chi connectivity index (χ0n) is 16.0. The van der Waals surface area contributed by atoms with Crippen LogP contribution in [-0.4, -0.2) is 45.9 Å². The summed E-state index contributed by atoms with van der Waals surface area (Å²) >= 11 is 0. The second-order valence-electron chi connectivity index (χ2n) is 6.40. The fourth-order valence-corrected chi connectivity index (χ4v) is 1.82. The Bertz CT molecular complexity index is 859. The van der Waals surface area contributed by atoms with E-state index in [1.807, 2.05) is 0 Å². The fraction of sp³-hybridized carbons (Fsp3) is 0.412. The number of aromatic nitrogens is 3. The molecule has 0 radical (unpaired) electrons. The monoisotopic (exact) mass is 417 g/mol. The van der Waals surface area contributed by atoms with Crippen molar-refractivity contribution in [1.29, 1.82) is 0 Å². The molecular formula is C17H19F4N5O3. The molecule has 0 aromatic carbocycles. The summed E-state index contributed by atoms with van der Waals surface area (Å²) in [5, 5.41) is 0. The maximum atomic E-state index is 14.2. The summed E-state index contributed by atoms with van der Waals surface area (Å²) in [5.74, 6) is -2.09. The first kappa shape index (κ1) is 22.3. The number of rotatable bonds is 7. The van der Waals surface area contributed by atoms with Gasteiger partial charge in [-0.25, -0.2) is 14.4 Å². The molecule has 0 bridgehead atoms. The van der Waals surface area contributed by atoms with E-state index in [0.717, 1.165) is 26.1 Å². The number of alkyl halides is 3. The number of hydrazine groups is 1. The molecule has 1 atom stereocenters. The Morgan fingerprint density at radius 2 is 1.83 bits per heavy atom. The van der Waals surface area contributed by atoms with Gasteiger partial charge in [0.15, 0.2) is 17.2 Å². The number of ether oxygens (including phenoxy) is 2. The maximum absolute atomic E-state index is 14.2. The van der Waals surface area contributed by atoms with E-state index < -0.39 is 35.5 Å². The Labute approximate surface area is 163 Å². The summed E-state index contributed by atoms with van der Waals surface area (Å²) in [5.41, 5.74) is 2.67. The van der Waals surface area contributed by atoms with Crippen LogP contribution in [0, 0.1) is 5.82 Å². The van der Waals surface area contributed by atoms with Crippen molar-refractivity contribution in [1.82, 2.24) is 20.4 Å². The van der Waals surface area contributed by atoms with Gasteiger partial charge in [-0.15, -0.1) is 0 Å². The lowest BCUT2D eigenvalue weighted by atomic mass is 10.1. The van der Waals surface area contributed by atoms with Crippen molar-refractivity contribution in [3.05, 3.63) is 30.5 Å². The minimum Gasteiger partial charge on any atom is -0.460 e. The van der Waals surface area contributed by atoms with Crippen LogP contribution in [-0.2, 0) is 9.53 Å². The van der Waals surface area contributed by atoms with Crippen LogP contribution < -0.4 is 15.6 Å². The van der Waals surface area contributed by atoms with Crippen molar-refractivity contribution in [3.63, 3.8) is 0 Å². The van der Waals surface area contributed by atoms with E-state index in [4.69, 9.17) is 4.74 Å². The fourth-order valence-electron chi connectivity index (χ4n) is 1.82. The second-order valence-corrected chi connectivity index (χ2v) is 6.40. The molecule has 0 fully saturated rings. The highest BCUT2D eigenvalue weighted by atomic mass is 19.4. The van der Waals surface area contributed by atoms with Crippen LogP contribution in [0.2, 0.25) is 0 Å². The van der Waals surface area contributed by atoms with Gasteiger partial charge in [-0.2, -0.15) is 13.2 Å². The lowest BCUT2D eigenvalue weighted by Gasteiger charge is -2.28. The van der Waals surface area contributed by atoms with Gasteiger partial charge in [0.25, 0.3) is 11.8 Å². The summed E-state index contributed by atoms with van der Waals surface area (Å²) in [7, 11) is 1.38. The minimum atomic E-state index is -4.70. The second kappa shape index (κ2) is 8.55. The van der Waals surface area contributed by atoms with E-state index in [2.05, 4.69) is 30.5 Å². The van der Waals surface area contributed by atoms with E-state index in [-0.39, 0.29) is 17.1 Å². The van der Waals surface area contributed by atoms with E-state index >= 15 is 0 Å². The third-order valence-electron chi connectivity index (χ3n) is 3.83. The van der Waals surface area contributed by atoms with Crippen molar-refractivity contribution < 1.29 is 31.8 Å². The normalized spacial score (nSPS) is 13.0. The molecule has 1 unspecified atom stereocenters. The molecule has 2 aromatic heterocycles. The lowest BCUT2D eigenvalue weighted by molar-refractivity contribution is -0.235. The number of carbonyl (C=O) groups is 1. The smallest absolute Gasteiger partial charge is 0.427 e. The number of anilines is 1. The number of halogens is 4. The van der Waals surface area contributed by atoms with Crippen LogP contribution in [0.5, 0.6) is 5.88 Å². The van der Waals surface area contributed by atoms with Gasteiger partial charge in [-0.3, -0.25) is 20.6 Å². The molecule has 0 aliphatic rings. The molecule has 12 heteroatoms. The molecule has 1 amide bonds. The van der Waals surface area contributed by atoms with Crippen molar-refractivity contribution in [3.8, 4) is 17.1 Å². The number of hydrogen-bond donors (Lipinski definition) is 2. The van der Waals surface area contributed by atoms with Gasteiger partial charge in [0.1, 0.15) is 6.10 Å². The molecule has 158 valence electrons. The molecule has 0 spiro atoms. The molecule has 29 heavy (non-hydrogen) atoms. The number of nitrogens with one attached hydrogen (secondary N) is 2. The number of nitrogens with zero attached hydrogens (tertiary/aromatic N) is 3. The van der Waals surface area contributed by atoms with E-state index in [9.17, 15) is 22.4 Å². The molecule has 2 rings (SSSR count). The van der Waals surface area contributed by atoms with Gasteiger partial charge in [0.2, 0.25) is 0 Å². The van der Waals surface area contributed by atoms with E-state index in [1.54, 1.807) is 6.92 Å². The zero-order valence-corrected chi connectivity index (χ0v) is 16.0. The maximum Gasteiger partial charge on any atom is 0.427 e. The first-order chi connectivity index (χ1) is 13.4. The molecule has 0 aliphatic heterocycles. The summed E-state index contributed by atoms with van der Waals surface area (Å²) in [4.78, 5) is 23.2. The molecule has 0 saturated heterocycles. The quantitative estimate of drug-likeness (QED) is 0.528. The molecule has 2 aromatic rings. The number of hydrogen-bond acceptors (Lipinski definition) is 7. The Morgan fingerprint density at radius 1 is 1.14 bits per heavy atom. The standard InChI is InChI=1S/C17H19F4N5O3/c1-9(28-4)14(27)26-25-13-8-22-12(7-23-13)10-5-11(18)15(24-6-10)29-16(2,3)17(19,20)21/h5-9H,1-4H3,(H,23,25)(H,26,27).